The number of alkyl carbamates (subject to hydrolysis) is 2. The predicted octanol–water partition coefficient (Wildman–Crippen LogP) is 3.28. The fourth-order valence-corrected chi connectivity index (χ4v) is 1.95. The largest absolute Gasteiger partial charge is 0.448 e. The maximum absolute atomic E-state index is 12.3. The molecule has 0 atom stereocenters. The molecule has 0 aromatic carbocycles. The number of rotatable bonds is 12. The molecule has 164 valence electrons. The molecule has 0 heterocycles. The summed E-state index contributed by atoms with van der Waals surface area (Å²) in [5.74, 6) is 0. The van der Waals surface area contributed by atoms with Gasteiger partial charge in [0.15, 0.2) is 0 Å². The lowest BCUT2D eigenvalue weighted by Gasteiger charge is -2.27. The Kier molecular flexibility index (Phi) is 13.7. The lowest BCUT2D eigenvalue weighted by atomic mass is 10.2. The summed E-state index contributed by atoms with van der Waals surface area (Å²) in [5, 5.41) is 5.27. The normalized spacial score (nSPS) is 10.8. The molecule has 9 nitrogen and oxygen atoms in total. The van der Waals surface area contributed by atoms with Gasteiger partial charge in [0, 0.05) is 13.1 Å². The number of nitrogens with zero attached hydrogens (tertiary/aromatic N) is 1. The van der Waals surface area contributed by atoms with Gasteiger partial charge in [-0.25, -0.2) is 14.4 Å². The first-order valence-electron chi connectivity index (χ1n) is 9.98. The second-order valence-corrected chi connectivity index (χ2v) is 7.30. The molecule has 9 heteroatoms. The number of unbranched alkanes of at least 4 members (excludes halogenated alkanes) is 2. The summed E-state index contributed by atoms with van der Waals surface area (Å²) in [5.41, 5.74) is -0.661. The van der Waals surface area contributed by atoms with Crippen LogP contribution in [0, 0.1) is 0 Å². The summed E-state index contributed by atoms with van der Waals surface area (Å²) in [7, 11) is 0. The van der Waals surface area contributed by atoms with Gasteiger partial charge in [-0.3, -0.25) is 0 Å². The van der Waals surface area contributed by atoms with E-state index in [1.54, 1.807) is 20.8 Å². The Morgan fingerprint density at radius 3 is 1.61 bits per heavy atom. The number of ether oxygens (including phenoxy) is 3. The van der Waals surface area contributed by atoms with Crippen molar-refractivity contribution in [3.05, 3.63) is 0 Å². The van der Waals surface area contributed by atoms with Crippen LogP contribution in [0.25, 0.3) is 0 Å². The highest BCUT2D eigenvalue weighted by Gasteiger charge is 2.22. The topological polar surface area (TPSA) is 106 Å². The van der Waals surface area contributed by atoms with Crippen molar-refractivity contribution >= 4 is 18.3 Å². The first kappa shape index (κ1) is 25.8. The van der Waals surface area contributed by atoms with Crippen LogP contribution in [0.4, 0.5) is 14.4 Å². The Labute approximate surface area is 168 Å². The second kappa shape index (κ2) is 14.8. The summed E-state index contributed by atoms with van der Waals surface area (Å²) in [6.45, 7) is 10.7. The van der Waals surface area contributed by atoms with E-state index in [0.717, 1.165) is 25.7 Å². The Morgan fingerprint density at radius 1 is 0.821 bits per heavy atom. The summed E-state index contributed by atoms with van der Waals surface area (Å²) in [6.07, 6.45) is 2.08. The van der Waals surface area contributed by atoms with Crippen LogP contribution in [0.5, 0.6) is 0 Å². The number of amides is 3. The van der Waals surface area contributed by atoms with E-state index in [9.17, 15) is 14.4 Å². The predicted molar refractivity (Wildman–Crippen MR) is 106 cm³/mol. The molecule has 0 saturated heterocycles. The Hall–Kier alpha value is -2.19. The smallest absolute Gasteiger partial charge is 0.410 e. The minimum Gasteiger partial charge on any atom is -0.448 e. The van der Waals surface area contributed by atoms with Crippen LogP contribution in [0.2, 0.25) is 0 Å². The molecular weight excluding hydrogens is 366 g/mol. The second-order valence-electron chi connectivity index (χ2n) is 7.30. The Bertz CT molecular complexity index is 437. The van der Waals surface area contributed by atoms with E-state index in [-0.39, 0.29) is 26.3 Å². The third kappa shape index (κ3) is 14.9. The van der Waals surface area contributed by atoms with Crippen molar-refractivity contribution in [2.24, 2.45) is 0 Å². The van der Waals surface area contributed by atoms with E-state index in [2.05, 4.69) is 10.6 Å². The summed E-state index contributed by atoms with van der Waals surface area (Å²) in [6, 6.07) is 0. The van der Waals surface area contributed by atoms with E-state index in [0.29, 0.717) is 13.1 Å². The molecule has 0 bridgehead atoms. The molecule has 0 aromatic heterocycles. The molecule has 2 N–H and O–H groups in total. The lowest BCUT2D eigenvalue weighted by molar-refractivity contribution is 0.0164. The molecule has 0 unspecified atom stereocenters. The number of carbonyl (C=O) groups excluding carboxylic acids is 3. The maximum atomic E-state index is 12.3. The van der Waals surface area contributed by atoms with Gasteiger partial charge in [-0.2, -0.15) is 0 Å². The highest BCUT2D eigenvalue weighted by Crippen LogP contribution is 2.10. The Balaban J connectivity index is 4.40. The highest BCUT2D eigenvalue weighted by molar-refractivity contribution is 5.69. The summed E-state index contributed by atoms with van der Waals surface area (Å²) < 4.78 is 15.5. The van der Waals surface area contributed by atoms with Crippen molar-refractivity contribution < 1.29 is 28.6 Å². The fourth-order valence-electron chi connectivity index (χ4n) is 1.95. The molecule has 0 spiro atoms. The number of nitrogens with one attached hydrogen (secondary N) is 2. The molecule has 0 aliphatic carbocycles. The minimum absolute atomic E-state index is 0.0138. The van der Waals surface area contributed by atoms with Crippen molar-refractivity contribution in [2.75, 3.05) is 39.4 Å². The van der Waals surface area contributed by atoms with E-state index in [1.807, 2.05) is 13.8 Å². The van der Waals surface area contributed by atoms with Gasteiger partial charge in [0.05, 0.1) is 13.1 Å². The number of carbonyl (C=O) groups is 3. The molecule has 0 aliphatic rings. The molecular formula is C19H37N3O6. The highest BCUT2D eigenvalue weighted by atomic mass is 16.6. The standard InChI is InChI=1S/C19H37N3O6/c1-6-8-10-20-16(23)26-14-12-22(18(25)28-19(3,4)5)13-15-27-17(24)21-11-9-7-2/h6-15H2,1-5H3,(H,20,23)(H,21,24). The zero-order valence-corrected chi connectivity index (χ0v) is 18.0. The SMILES string of the molecule is CCCCNC(=O)OCCN(CCOC(=O)NCCCC)C(=O)OC(C)(C)C. The maximum Gasteiger partial charge on any atom is 0.410 e. The van der Waals surface area contributed by atoms with Crippen molar-refractivity contribution in [1.82, 2.24) is 15.5 Å². The molecule has 28 heavy (non-hydrogen) atoms. The van der Waals surface area contributed by atoms with Crippen molar-refractivity contribution in [1.29, 1.82) is 0 Å². The van der Waals surface area contributed by atoms with Crippen molar-refractivity contribution in [2.45, 2.75) is 65.9 Å². The van der Waals surface area contributed by atoms with Gasteiger partial charge in [-0.1, -0.05) is 26.7 Å². The van der Waals surface area contributed by atoms with Crippen LogP contribution < -0.4 is 10.6 Å². The molecule has 0 rings (SSSR count). The molecule has 0 radical (unpaired) electrons. The molecule has 0 aromatic rings. The van der Waals surface area contributed by atoms with E-state index in [1.165, 1.54) is 4.90 Å². The average molecular weight is 404 g/mol. The average Bonchev–Trinajstić information content (AvgIpc) is 2.59. The van der Waals surface area contributed by atoms with Crippen LogP contribution in [0.15, 0.2) is 0 Å². The summed E-state index contributed by atoms with van der Waals surface area (Å²) in [4.78, 5) is 36.8. The van der Waals surface area contributed by atoms with Gasteiger partial charge in [-0.05, 0) is 33.6 Å². The quantitative estimate of drug-likeness (QED) is 0.383. The van der Waals surface area contributed by atoms with Gasteiger partial charge >= 0.3 is 18.3 Å². The Morgan fingerprint density at radius 2 is 1.25 bits per heavy atom. The van der Waals surface area contributed by atoms with Gasteiger partial charge in [0.25, 0.3) is 0 Å². The minimum atomic E-state index is -0.661. The third-order valence-corrected chi connectivity index (χ3v) is 3.44. The van der Waals surface area contributed by atoms with Gasteiger partial charge in [0.1, 0.15) is 18.8 Å². The number of hydrogen-bond acceptors (Lipinski definition) is 6. The van der Waals surface area contributed by atoms with Crippen LogP contribution in [-0.2, 0) is 14.2 Å². The van der Waals surface area contributed by atoms with Gasteiger partial charge in [-0.15, -0.1) is 0 Å². The van der Waals surface area contributed by atoms with Crippen LogP contribution in [0.3, 0.4) is 0 Å². The van der Waals surface area contributed by atoms with Crippen LogP contribution in [-0.4, -0.2) is 68.2 Å². The molecule has 3 amide bonds. The molecule has 0 aliphatic heterocycles. The first-order valence-corrected chi connectivity index (χ1v) is 9.98. The zero-order chi connectivity index (χ0) is 21.4. The van der Waals surface area contributed by atoms with Crippen molar-refractivity contribution in [3.63, 3.8) is 0 Å². The fraction of sp³-hybridized carbons (Fsp3) is 0.842. The monoisotopic (exact) mass is 403 g/mol. The zero-order valence-electron chi connectivity index (χ0n) is 18.0. The van der Waals surface area contributed by atoms with E-state index >= 15 is 0 Å². The van der Waals surface area contributed by atoms with Gasteiger partial charge in [0.2, 0.25) is 0 Å². The van der Waals surface area contributed by atoms with E-state index in [4.69, 9.17) is 14.2 Å². The molecule has 0 fully saturated rings. The van der Waals surface area contributed by atoms with Crippen molar-refractivity contribution in [3.8, 4) is 0 Å². The first-order chi connectivity index (χ1) is 13.2. The third-order valence-electron chi connectivity index (χ3n) is 3.44. The molecule has 0 saturated carbocycles. The summed E-state index contributed by atoms with van der Waals surface area (Å²) >= 11 is 0. The van der Waals surface area contributed by atoms with Crippen LogP contribution in [0.1, 0.15) is 60.3 Å². The lowest BCUT2D eigenvalue weighted by Crippen LogP contribution is -2.41. The number of hydrogen-bond donors (Lipinski definition) is 2. The van der Waals surface area contributed by atoms with E-state index < -0.39 is 23.9 Å². The van der Waals surface area contributed by atoms with Gasteiger partial charge < -0.3 is 29.7 Å². The van der Waals surface area contributed by atoms with Crippen LogP contribution >= 0.6 is 0 Å².